The monoisotopic (exact) mass is 376 g/mol. The Balaban J connectivity index is 1.39. The number of carbonyl (C=O) groups excluding carboxylic acids is 2. The first-order valence-electron chi connectivity index (χ1n) is 9.17. The van der Waals surface area contributed by atoms with E-state index in [1.165, 1.54) is 6.92 Å². The lowest BCUT2D eigenvalue weighted by atomic mass is 10.1. The van der Waals surface area contributed by atoms with Crippen LogP contribution in [0.15, 0.2) is 53.1 Å². The van der Waals surface area contributed by atoms with E-state index in [2.05, 4.69) is 20.8 Å². The van der Waals surface area contributed by atoms with Gasteiger partial charge in [0.15, 0.2) is 0 Å². The van der Waals surface area contributed by atoms with Gasteiger partial charge >= 0.3 is 0 Å². The topological polar surface area (TPSA) is 97.1 Å². The zero-order valence-electron chi connectivity index (χ0n) is 15.4. The summed E-state index contributed by atoms with van der Waals surface area (Å²) < 4.78 is 5.30. The molecule has 0 unspecified atom stereocenters. The fraction of sp³-hybridized carbons (Fsp3) is 0.238. The molecule has 1 aliphatic carbocycles. The van der Waals surface area contributed by atoms with E-state index in [4.69, 9.17) is 4.52 Å². The van der Waals surface area contributed by atoms with Crippen molar-refractivity contribution in [2.75, 3.05) is 10.6 Å². The Labute approximate surface area is 162 Å². The number of hydrogen-bond acceptors (Lipinski definition) is 5. The Hall–Kier alpha value is -3.48. The van der Waals surface area contributed by atoms with Crippen molar-refractivity contribution in [3.63, 3.8) is 0 Å². The van der Waals surface area contributed by atoms with Crippen molar-refractivity contribution in [3.05, 3.63) is 60.0 Å². The Kier molecular flexibility index (Phi) is 4.89. The maximum absolute atomic E-state index is 12.4. The van der Waals surface area contributed by atoms with Gasteiger partial charge in [-0.1, -0.05) is 29.4 Å². The van der Waals surface area contributed by atoms with E-state index in [1.54, 1.807) is 12.1 Å². The Morgan fingerprint density at radius 2 is 1.86 bits per heavy atom. The van der Waals surface area contributed by atoms with Crippen molar-refractivity contribution in [2.45, 2.75) is 32.1 Å². The van der Waals surface area contributed by atoms with Crippen molar-refractivity contribution < 1.29 is 14.1 Å². The van der Waals surface area contributed by atoms with E-state index in [0.29, 0.717) is 29.0 Å². The summed E-state index contributed by atoms with van der Waals surface area (Å²) in [4.78, 5) is 27.9. The molecular formula is C21H20N4O3. The van der Waals surface area contributed by atoms with E-state index in [1.807, 2.05) is 36.4 Å². The zero-order valence-corrected chi connectivity index (χ0v) is 15.4. The Morgan fingerprint density at radius 1 is 1.07 bits per heavy atom. The largest absolute Gasteiger partial charge is 0.339 e. The normalized spacial score (nSPS) is 13.2. The van der Waals surface area contributed by atoms with Gasteiger partial charge in [-0.25, -0.2) is 0 Å². The predicted molar refractivity (Wildman–Crippen MR) is 105 cm³/mol. The first-order valence-corrected chi connectivity index (χ1v) is 9.17. The van der Waals surface area contributed by atoms with Gasteiger partial charge in [0.1, 0.15) is 0 Å². The van der Waals surface area contributed by atoms with Gasteiger partial charge in [-0.05, 0) is 42.7 Å². The van der Waals surface area contributed by atoms with E-state index in [-0.39, 0.29) is 18.2 Å². The van der Waals surface area contributed by atoms with E-state index in [9.17, 15) is 9.59 Å². The number of rotatable bonds is 6. The molecule has 0 radical (unpaired) electrons. The van der Waals surface area contributed by atoms with Crippen LogP contribution < -0.4 is 10.6 Å². The first kappa shape index (κ1) is 17.9. The van der Waals surface area contributed by atoms with E-state index in [0.717, 1.165) is 24.0 Å². The van der Waals surface area contributed by atoms with Crippen LogP contribution in [0.3, 0.4) is 0 Å². The molecule has 7 heteroatoms. The van der Waals surface area contributed by atoms with Crippen LogP contribution in [0.5, 0.6) is 0 Å². The molecule has 1 heterocycles. The van der Waals surface area contributed by atoms with Crippen LogP contribution in [-0.2, 0) is 16.0 Å². The van der Waals surface area contributed by atoms with Crippen LogP contribution in [0.25, 0.3) is 11.4 Å². The highest BCUT2D eigenvalue weighted by Crippen LogP contribution is 2.39. The highest BCUT2D eigenvalue weighted by Gasteiger charge is 2.29. The quantitative estimate of drug-likeness (QED) is 0.683. The van der Waals surface area contributed by atoms with Crippen molar-refractivity contribution in [3.8, 4) is 11.4 Å². The molecular weight excluding hydrogens is 356 g/mol. The van der Waals surface area contributed by atoms with Gasteiger partial charge < -0.3 is 15.2 Å². The summed E-state index contributed by atoms with van der Waals surface area (Å²) in [5.74, 6) is 1.37. The number of nitrogens with one attached hydrogen (secondary N) is 2. The molecule has 1 saturated carbocycles. The smallest absolute Gasteiger partial charge is 0.230 e. The Morgan fingerprint density at radius 3 is 2.57 bits per heavy atom. The molecule has 0 atom stereocenters. The lowest BCUT2D eigenvalue weighted by Crippen LogP contribution is -2.14. The predicted octanol–water partition coefficient (Wildman–Crippen LogP) is 3.75. The molecule has 0 saturated heterocycles. The molecule has 2 aromatic carbocycles. The fourth-order valence-electron chi connectivity index (χ4n) is 2.88. The SMILES string of the molecule is CC(=O)Nc1ccc(CC(=O)Nc2cccc(-c3noc(C4CC4)n3)c2)cc1. The maximum Gasteiger partial charge on any atom is 0.230 e. The summed E-state index contributed by atoms with van der Waals surface area (Å²) in [5, 5.41) is 9.63. The van der Waals surface area contributed by atoms with Crippen LogP contribution in [0.4, 0.5) is 11.4 Å². The van der Waals surface area contributed by atoms with Gasteiger partial charge in [-0.15, -0.1) is 0 Å². The molecule has 28 heavy (non-hydrogen) atoms. The number of aromatic nitrogens is 2. The molecule has 0 bridgehead atoms. The highest BCUT2D eigenvalue weighted by atomic mass is 16.5. The number of amides is 2. The summed E-state index contributed by atoms with van der Waals surface area (Å²) in [6, 6.07) is 14.6. The molecule has 0 spiro atoms. The van der Waals surface area contributed by atoms with Crippen LogP contribution in [0.2, 0.25) is 0 Å². The molecule has 7 nitrogen and oxygen atoms in total. The third kappa shape index (κ3) is 4.43. The van der Waals surface area contributed by atoms with Crippen LogP contribution >= 0.6 is 0 Å². The lowest BCUT2D eigenvalue weighted by Gasteiger charge is -2.07. The van der Waals surface area contributed by atoms with Crippen molar-refractivity contribution in [1.29, 1.82) is 0 Å². The number of hydrogen-bond donors (Lipinski definition) is 2. The number of benzene rings is 2. The third-order valence-corrected chi connectivity index (χ3v) is 4.41. The summed E-state index contributed by atoms with van der Waals surface area (Å²) in [6.45, 7) is 1.46. The molecule has 1 aromatic heterocycles. The van der Waals surface area contributed by atoms with Gasteiger partial charge in [0.25, 0.3) is 0 Å². The molecule has 1 aliphatic rings. The average Bonchev–Trinajstić information content (AvgIpc) is 3.40. The molecule has 142 valence electrons. The van der Waals surface area contributed by atoms with Gasteiger partial charge in [0.05, 0.1) is 6.42 Å². The molecule has 1 fully saturated rings. The lowest BCUT2D eigenvalue weighted by molar-refractivity contribution is -0.116. The van der Waals surface area contributed by atoms with Crippen LogP contribution in [0, 0.1) is 0 Å². The zero-order chi connectivity index (χ0) is 19.5. The summed E-state index contributed by atoms with van der Waals surface area (Å²) >= 11 is 0. The third-order valence-electron chi connectivity index (χ3n) is 4.41. The standard InChI is InChI=1S/C21H20N4O3/c1-13(26)22-17-9-5-14(6-10-17)11-19(27)23-18-4-2-3-16(12-18)20-24-21(28-25-20)15-7-8-15/h2-6,9-10,12,15H,7-8,11H2,1H3,(H,22,26)(H,23,27). The van der Waals surface area contributed by atoms with Gasteiger partial charge in [0, 0.05) is 29.8 Å². The van der Waals surface area contributed by atoms with Gasteiger partial charge in [-0.2, -0.15) is 4.98 Å². The van der Waals surface area contributed by atoms with Gasteiger partial charge in [-0.3, -0.25) is 9.59 Å². The molecule has 2 N–H and O–H groups in total. The maximum atomic E-state index is 12.4. The summed E-state index contributed by atoms with van der Waals surface area (Å²) in [5.41, 5.74) is 3.04. The fourth-order valence-corrected chi connectivity index (χ4v) is 2.88. The summed E-state index contributed by atoms with van der Waals surface area (Å²) in [6.07, 6.45) is 2.44. The summed E-state index contributed by atoms with van der Waals surface area (Å²) in [7, 11) is 0. The minimum absolute atomic E-state index is 0.128. The molecule has 4 rings (SSSR count). The second-order valence-electron chi connectivity index (χ2n) is 6.91. The average molecular weight is 376 g/mol. The minimum Gasteiger partial charge on any atom is -0.339 e. The number of anilines is 2. The number of nitrogens with zero attached hydrogens (tertiary/aromatic N) is 2. The van der Waals surface area contributed by atoms with Gasteiger partial charge in [0.2, 0.25) is 23.5 Å². The second kappa shape index (κ2) is 7.64. The molecule has 0 aliphatic heterocycles. The van der Waals surface area contributed by atoms with E-state index >= 15 is 0 Å². The molecule has 3 aromatic rings. The van der Waals surface area contributed by atoms with Crippen molar-refractivity contribution >= 4 is 23.2 Å². The number of carbonyl (C=O) groups is 2. The van der Waals surface area contributed by atoms with E-state index < -0.39 is 0 Å². The van der Waals surface area contributed by atoms with Crippen molar-refractivity contribution in [1.82, 2.24) is 10.1 Å². The highest BCUT2D eigenvalue weighted by molar-refractivity contribution is 5.93. The Bertz CT molecular complexity index is 1010. The van der Waals surface area contributed by atoms with Crippen LogP contribution in [0.1, 0.15) is 37.1 Å². The molecule has 2 amide bonds. The van der Waals surface area contributed by atoms with Crippen LogP contribution in [-0.4, -0.2) is 22.0 Å². The van der Waals surface area contributed by atoms with Crippen molar-refractivity contribution in [2.24, 2.45) is 0 Å². The minimum atomic E-state index is -0.129. The second-order valence-corrected chi connectivity index (χ2v) is 6.91. The first-order chi connectivity index (χ1) is 13.6.